The summed E-state index contributed by atoms with van der Waals surface area (Å²) in [6.07, 6.45) is -2.46. The van der Waals surface area contributed by atoms with E-state index in [-0.39, 0.29) is 44.4 Å². The standard InChI is InChI=1S/C21H18F5N3OS/c1-2-9-3-6-14-11(7-9)16(21(24,25)26)15-17(27)18(31-20(15)29-14)19(30)28-10-4-5-12(22)13(23)8-10/h4-5,8-9H,2-3,6-7,27H2,1H3,(H,28,30)/t9-/m1/s1. The SMILES string of the molecule is CC[C@@H]1CCc2nc3sc(C(=O)Nc4ccc(F)c(F)c4)c(N)c3c(C(F)(F)F)c2C1. The van der Waals surface area contributed by atoms with Gasteiger partial charge >= 0.3 is 6.18 Å². The van der Waals surface area contributed by atoms with E-state index in [1.54, 1.807) is 0 Å². The van der Waals surface area contributed by atoms with Crippen molar-refractivity contribution in [2.24, 2.45) is 5.92 Å². The smallest absolute Gasteiger partial charge is 0.397 e. The molecule has 4 rings (SSSR count). The molecule has 31 heavy (non-hydrogen) atoms. The third-order valence-electron chi connectivity index (χ3n) is 5.59. The van der Waals surface area contributed by atoms with Gasteiger partial charge in [0.25, 0.3) is 5.91 Å². The van der Waals surface area contributed by atoms with Gasteiger partial charge in [-0.1, -0.05) is 13.3 Å². The molecule has 0 aliphatic heterocycles. The number of nitrogen functional groups attached to an aromatic ring is 1. The summed E-state index contributed by atoms with van der Waals surface area (Å²) in [6, 6.07) is 2.75. The van der Waals surface area contributed by atoms with Crippen LogP contribution in [-0.2, 0) is 19.0 Å². The Balaban J connectivity index is 1.83. The van der Waals surface area contributed by atoms with E-state index in [0.717, 1.165) is 42.4 Å². The summed E-state index contributed by atoms with van der Waals surface area (Å²) in [7, 11) is 0. The van der Waals surface area contributed by atoms with Crippen molar-refractivity contribution in [2.75, 3.05) is 11.1 Å². The molecule has 0 fully saturated rings. The summed E-state index contributed by atoms with van der Waals surface area (Å²) < 4.78 is 68.8. The Labute approximate surface area is 178 Å². The minimum atomic E-state index is -4.66. The number of carbonyl (C=O) groups excluding carboxylic acids is 1. The number of alkyl halides is 3. The number of fused-ring (bicyclic) bond motifs is 2. The molecule has 1 atom stereocenters. The third kappa shape index (κ3) is 3.84. The summed E-state index contributed by atoms with van der Waals surface area (Å²) in [5, 5.41) is 2.07. The number of nitrogens with one attached hydrogen (secondary N) is 1. The highest BCUT2D eigenvalue weighted by Gasteiger charge is 2.40. The zero-order valence-electron chi connectivity index (χ0n) is 16.4. The van der Waals surface area contributed by atoms with Gasteiger partial charge in [0.1, 0.15) is 9.71 Å². The van der Waals surface area contributed by atoms with E-state index >= 15 is 0 Å². The molecule has 0 bridgehead atoms. The highest BCUT2D eigenvalue weighted by Crippen LogP contribution is 2.46. The van der Waals surface area contributed by atoms with Crippen molar-refractivity contribution in [2.45, 2.75) is 38.8 Å². The molecule has 2 heterocycles. The number of halogens is 5. The number of benzene rings is 1. The minimum absolute atomic E-state index is 0.0361. The molecular formula is C21H18F5N3OS. The Morgan fingerprint density at radius 3 is 2.68 bits per heavy atom. The zero-order chi connectivity index (χ0) is 22.5. The second-order valence-electron chi connectivity index (χ2n) is 7.53. The van der Waals surface area contributed by atoms with Gasteiger partial charge in [-0.3, -0.25) is 4.79 Å². The molecule has 3 N–H and O–H groups in total. The number of nitrogens with zero attached hydrogens (tertiary/aromatic N) is 1. The highest BCUT2D eigenvalue weighted by atomic mass is 32.1. The van der Waals surface area contributed by atoms with E-state index in [1.807, 2.05) is 6.92 Å². The lowest BCUT2D eigenvalue weighted by Gasteiger charge is -2.26. The van der Waals surface area contributed by atoms with Crippen LogP contribution in [0.15, 0.2) is 18.2 Å². The molecule has 10 heteroatoms. The van der Waals surface area contributed by atoms with Crippen molar-refractivity contribution in [3.05, 3.63) is 51.5 Å². The van der Waals surface area contributed by atoms with Gasteiger partial charge in [0.15, 0.2) is 11.6 Å². The predicted octanol–water partition coefficient (Wildman–Crippen LogP) is 5.94. The lowest BCUT2D eigenvalue weighted by Crippen LogP contribution is -2.21. The zero-order valence-corrected chi connectivity index (χ0v) is 17.2. The number of aryl methyl sites for hydroxylation is 1. The summed E-state index contributed by atoms with van der Waals surface area (Å²) in [4.78, 5) is 17.0. The number of thiophene rings is 1. The Bertz CT molecular complexity index is 1190. The van der Waals surface area contributed by atoms with Gasteiger partial charge in [-0.15, -0.1) is 11.3 Å². The van der Waals surface area contributed by atoms with Crippen LogP contribution >= 0.6 is 11.3 Å². The van der Waals surface area contributed by atoms with Crippen LogP contribution in [0, 0.1) is 17.6 Å². The second-order valence-corrected chi connectivity index (χ2v) is 8.53. The first-order valence-corrected chi connectivity index (χ1v) is 10.5. The Morgan fingerprint density at radius 2 is 2.03 bits per heavy atom. The molecule has 1 aliphatic rings. The molecule has 0 radical (unpaired) electrons. The number of nitrogens with two attached hydrogens (primary N) is 1. The van der Waals surface area contributed by atoms with Crippen LogP contribution in [-0.4, -0.2) is 10.9 Å². The molecule has 1 aromatic carbocycles. The average molecular weight is 455 g/mol. The van der Waals surface area contributed by atoms with Crippen molar-refractivity contribution >= 4 is 38.8 Å². The molecule has 1 aliphatic carbocycles. The van der Waals surface area contributed by atoms with Crippen LogP contribution in [0.1, 0.15) is 46.3 Å². The fourth-order valence-corrected chi connectivity index (χ4v) is 5.01. The fourth-order valence-electron chi connectivity index (χ4n) is 3.99. The van der Waals surface area contributed by atoms with Gasteiger partial charge < -0.3 is 11.1 Å². The van der Waals surface area contributed by atoms with Crippen LogP contribution in [0.4, 0.5) is 33.3 Å². The molecule has 1 amide bonds. The van der Waals surface area contributed by atoms with E-state index in [0.29, 0.717) is 12.1 Å². The van der Waals surface area contributed by atoms with Crippen LogP contribution < -0.4 is 11.1 Å². The monoisotopic (exact) mass is 455 g/mol. The molecule has 4 nitrogen and oxygen atoms in total. The van der Waals surface area contributed by atoms with Crippen LogP contribution in [0.25, 0.3) is 10.2 Å². The summed E-state index contributed by atoms with van der Waals surface area (Å²) in [5.74, 6) is -2.94. The maximum absolute atomic E-state index is 14.1. The Morgan fingerprint density at radius 1 is 1.29 bits per heavy atom. The minimum Gasteiger partial charge on any atom is -0.397 e. The molecular weight excluding hydrogens is 437 g/mol. The van der Waals surface area contributed by atoms with Gasteiger partial charge in [0.05, 0.1) is 11.3 Å². The molecule has 0 unspecified atom stereocenters. The molecule has 0 saturated carbocycles. The number of anilines is 2. The number of hydrogen-bond donors (Lipinski definition) is 2. The van der Waals surface area contributed by atoms with Gasteiger partial charge in [-0.2, -0.15) is 13.2 Å². The molecule has 0 saturated heterocycles. The first kappa shape index (κ1) is 21.5. The second kappa shape index (κ2) is 7.74. The topological polar surface area (TPSA) is 68.0 Å². The molecule has 164 valence electrons. The summed E-state index contributed by atoms with van der Waals surface area (Å²) in [5.41, 5.74) is 5.36. The Kier molecular flexibility index (Phi) is 5.36. The highest BCUT2D eigenvalue weighted by molar-refractivity contribution is 7.21. The van der Waals surface area contributed by atoms with Gasteiger partial charge in [-0.05, 0) is 42.9 Å². The maximum atomic E-state index is 14.1. The van der Waals surface area contributed by atoms with E-state index in [2.05, 4.69) is 10.3 Å². The predicted molar refractivity (Wildman–Crippen MR) is 109 cm³/mol. The normalized spacial score (nSPS) is 16.4. The number of amides is 1. The largest absolute Gasteiger partial charge is 0.417 e. The van der Waals surface area contributed by atoms with Crippen LogP contribution in [0.2, 0.25) is 0 Å². The van der Waals surface area contributed by atoms with E-state index in [1.165, 1.54) is 0 Å². The molecule has 0 spiro atoms. The van der Waals surface area contributed by atoms with Crippen molar-refractivity contribution in [3.63, 3.8) is 0 Å². The van der Waals surface area contributed by atoms with Crippen molar-refractivity contribution < 1.29 is 26.7 Å². The lowest BCUT2D eigenvalue weighted by atomic mass is 9.82. The fraction of sp³-hybridized carbons (Fsp3) is 0.333. The summed E-state index contributed by atoms with van der Waals surface area (Å²) >= 11 is 0.752. The molecule has 3 aromatic rings. The Hall–Kier alpha value is -2.75. The van der Waals surface area contributed by atoms with Gasteiger partial charge in [0, 0.05) is 22.8 Å². The van der Waals surface area contributed by atoms with Crippen LogP contribution in [0.3, 0.4) is 0 Å². The van der Waals surface area contributed by atoms with E-state index in [9.17, 15) is 26.7 Å². The third-order valence-corrected chi connectivity index (χ3v) is 6.69. The number of pyridine rings is 1. The lowest BCUT2D eigenvalue weighted by molar-refractivity contribution is -0.137. The maximum Gasteiger partial charge on any atom is 0.417 e. The average Bonchev–Trinajstić information content (AvgIpc) is 3.03. The van der Waals surface area contributed by atoms with Gasteiger partial charge in [0.2, 0.25) is 0 Å². The number of carbonyl (C=O) groups is 1. The van der Waals surface area contributed by atoms with E-state index < -0.39 is 29.3 Å². The number of hydrogen-bond acceptors (Lipinski definition) is 4. The number of aromatic nitrogens is 1. The summed E-state index contributed by atoms with van der Waals surface area (Å²) in [6.45, 7) is 1.94. The van der Waals surface area contributed by atoms with Crippen molar-refractivity contribution in [3.8, 4) is 0 Å². The first-order valence-electron chi connectivity index (χ1n) is 9.67. The van der Waals surface area contributed by atoms with Crippen molar-refractivity contribution in [1.29, 1.82) is 0 Å². The van der Waals surface area contributed by atoms with Crippen molar-refractivity contribution in [1.82, 2.24) is 4.98 Å². The van der Waals surface area contributed by atoms with Gasteiger partial charge in [-0.25, -0.2) is 13.8 Å². The quantitative estimate of drug-likeness (QED) is 0.480. The van der Waals surface area contributed by atoms with E-state index in [4.69, 9.17) is 5.73 Å². The first-order chi connectivity index (χ1) is 14.6. The van der Waals surface area contributed by atoms with Crippen LogP contribution in [0.5, 0.6) is 0 Å². The number of rotatable bonds is 3. The molecule has 2 aromatic heterocycles.